The van der Waals surface area contributed by atoms with Crippen molar-refractivity contribution in [3.05, 3.63) is 52.7 Å². The van der Waals surface area contributed by atoms with Crippen molar-refractivity contribution in [3.8, 4) is 0 Å². The van der Waals surface area contributed by atoms with E-state index >= 15 is 0 Å². The minimum absolute atomic E-state index is 0.667. The lowest BCUT2D eigenvalue weighted by molar-refractivity contribution is 1.63. The molecule has 0 bridgehead atoms. The Labute approximate surface area is 127 Å². The van der Waals surface area contributed by atoms with Crippen LogP contribution in [0.25, 0.3) is 48.7 Å². The van der Waals surface area contributed by atoms with Crippen molar-refractivity contribution in [1.29, 1.82) is 0 Å². The molecule has 0 fully saturated rings. The first-order valence-electron chi connectivity index (χ1n) is 7.99. The summed E-state index contributed by atoms with van der Waals surface area (Å²) in [6, 6.07) is 14.0. The highest BCUT2D eigenvalue weighted by Gasteiger charge is 2.47. The van der Waals surface area contributed by atoms with Crippen molar-refractivity contribution < 1.29 is 0 Å². The molecule has 0 N–H and O–H groups in total. The second-order valence-corrected chi connectivity index (χ2v) is 9.62. The summed E-state index contributed by atoms with van der Waals surface area (Å²) in [5.74, 6) is 0. The fourth-order valence-electron chi connectivity index (χ4n) is 5.81. The molecule has 2 aliphatic heterocycles. The SMILES string of the molecule is CC1=C2c3cccc4c3c3c2c2c5c6c(cccc6c5c43)[Si]12. The summed E-state index contributed by atoms with van der Waals surface area (Å²) in [6.45, 7) is 2.41. The van der Waals surface area contributed by atoms with Gasteiger partial charge < -0.3 is 0 Å². The molecule has 3 aliphatic rings. The Morgan fingerprint density at radius 2 is 1.50 bits per heavy atom. The lowest BCUT2D eigenvalue weighted by Crippen LogP contribution is -2.37. The van der Waals surface area contributed by atoms with E-state index in [9.17, 15) is 0 Å². The monoisotopic (exact) mass is 289 g/mol. The summed E-state index contributed by atoms with van der Waals surface area (Å²) in [5.41, 5.74) is 4.79. The maximum absolute atomic E-state index is 2.41. The number of rotatable bonds is 0. The number of allylic oxidation sites excluding steroid dienone is 1. The molecule has 0 aromatic heterocycles. The van der Waals surface area contributed by atoms with E-state index in [4.69, 9.17) is 0 Å². The zero-order valence-electron chi connectivity index (χ0n) is 12.0. The van der Waals surface area contributed by atoms with Gasteiger partial charge in [-0.15, -0.1) is 0 Å². The molecule has 0 saturated carbocycles. The molecule has 0 saturated heterocycles. The van der Waals surface area contributed by atoms with Crippen LogP contribution in [-0.4, -0.2) is 8.80 Å². The Balaban J connectivity index is 1.89. The largest absolute Gasteiger partial charge is 0.153 e. The van der Waals surface area contributed by atoms with E-state index in [-0.39, 0.29) is 0 Å². The average molecular weight is 289 g/mol. The fraction of sp³-hybridized carbons (Fsp3) is 0.0476. The summed E-state index contributed by atoms with van der Waals surface area (Å²) in [7, 11) is -0.667. The highest BCUT2D eigenvalue weighted by molar-refractivity contribution is 7.01. The van der Waals surface area contributed by atoms with Crippen LogP contribution in [0.2, 0.25) is 0 Å². The van der Waals surface area contributed by atoms with Gasteiger partial charge in [-0.05, 0) is 77.1 Å². The normalized spacial score (nSPS) is 17.9. The van der Waals surface area contributed by atoms with Crippen LogP contribution >= 0.6 is 0 Å². The van der Waals surface area contributed by atoms with Gasteiger partial charge in [0.05, 0.1) is 0 Å². The molecule has 22 heavy (non-hydrogen) atoms. The van der Waals surface area contributed by atoms with Gasteiger partial charge in [0.1, 0.15) is 0 Å². The van der Waals surface area contributed by atoms with Crippen molar-refractivity contribution in [3.63, 3.8) is 0 Å². The van der Waals surface area contributed by atoms with Gasteiger partial charge in [0.15, 0.2) is 8.80 Å². The van der Waals surface area contributed by atoms with Gasteiger partial charge in [-0.25, -0.2) is 0 Å². The third-order valence-corrected chi connectivity index (χ3v) is 9.41. The molecule has 97 valence electrons. The van der Waals surface area contributed by atoms with Crippen molar-refractivity contribution in [2.75, 3.05) is 0 Å². The lowest BCUT2D eigenvalue weighted by atomic mass is 9.83. The third-order valence-electron chi connectivity index (χ3n) is 6.46. The minimum atomic E-state index is -0.667. The number of hydrogen-bond donors (Lipinski definition) is 0. The first kappa shape index (κ1) is 9.60. The van der Waals surface area contributed by atoms with E-state index < -0.39 is 8.80 Å². The van der Waals surface area contributed by atoms with E-state index in [2.05, 4.69) is 43.3 Å². The zero-order valence-corrected chi connectivity index (χ0v) is 13.0. The molecule has 1 heteroatoms. The van der Waals surface area contributed by atoms with Crippen molar-refractivity contribution in [1.82, 2.24) is 0 Å². The van der Waals surface area contributed by atoms with E-state index in [0.29, 0.717) is 0 Å². The molecule has 0 spiro atoms. The predicted molar refractivity (Wildman–Crippen MR) is 95.6 cm³/mol. The molecule has 0 nitrogen and oxygen atoms in total. The summed E-state index contributed by atoms with van der Waals surface area (Å²) in [6.07, 6.45) is 0. The molecule has 0 atom stereocenters. The average Bonchev–Trinajstić information content (AvgIpc) is 3.10. The Morgan fingerprint density at radius 3 is 2.41 bits per heavy atom. The Bertz CT molecular complexity index is 1420. The molecular weight excluding hydrogens is 280 g/mol. The summed E-state index contributed by atoms with van der Waals surface area (Å²) >= 11 is 0. The van der Waals surface area contributed by atoms with E-state index in [0.717, 1.165) is 0 Å². The highest BCUT2D eigenvalue weighted by Crippen LogP contribution is 2.59. The summed E-state index contributed by atoms with van der Waals surface area (Å²) in [4.78, 5) is 0. The van der Waals surface area contributed by atoms with Crippen LogP contribution in [0.4, 0.5) is 0 Å². The highest BCUT2D eigenvalue weighted by atomic mass is 28.3. The summed E-state index contributed by atoms with van der Waals surface area (Å²) in [5, 5.41) is 17.7. The second kappa shape index (κ2) is 2.44. The minimum Gasteiger partial charge on any atom is -0.0673 e. The topological polar surface area (TPSA) is 0 Å². The number of fused-ring (bicyclic) bond motifs is 5. The van der Waals surface area contributed by atoms with Crippen molar-refractivity contribution >= 4 is 67.8 Å². The van der Waals surface area contributed by atoms with Gasteiger partial charge in [0, 0.05) is 0 Å². The van der Waals surface area contributed by atoms with Gasteiger partial charge in [-0.2, -0.15) is 0 Å². The number of benzene rings is 3. The van der Waals surface area contributed by atoms with Crippen molar-refractivity contribution in [2.45, 2.75) is 6.92 Å². The molecule has 1 radical (unpaired) electrons. The molecule has 0 unspecified atom stereocenters. The predicted octanol–water partition coefficient (Wildman–Crippen LogP) is 3.79. The molecule has 5 aromatic rings. The third kappa shape index (κ3) is 0.606. The van der Waals surface area contributed by atoms with Gasteiger partial charge in [0.2, 0.25) is 0 Å². The number of hydrogen-bond acceptors (Lipinski definition) is 0. The Kier molecular flexibility index (Phi) is 1.07. The van der Waals surface area contributed by atoms with Crippen molar-refractivity contribution in [2.24, 2.45) is 0 Å². The second-order valence-electron chi connectivity index (χ2n) is 7.08. The van der Waals surface area contributed by atoms with Crippen LogP contribution in [0, 0.1) is 0 Å². The van der Waals surface area contributed by atoms with E-state index in [1.165, 1.54) is 16.3 Å². The smallest absolute Gasteiger partial charge is 0.0673 e. The van der Waals surface area contributed by atoms with Gasteiger partial charge in [-0.1, -0.05) is 41.6 Å². The molecule has 2 heterocycles. The van der Waals surface area contributed by atoms with E-state index in [1.807, 2.05) is 0 Å². The van der Waals surface area contributed by atoms with Crippen LogP contribution < -0.4 is 10.4 Å². The van der Waals surface area contributed by atoms with Crippen LogP contribution in [0.15, 0.2) is 41.6 Å². The van der Waals surface area contributed by atoms with Gasteiger partial charge in [-0.3, -0.25) is 0 Å². The quantitative estimate of drug-likeness (QED) is 0.373. The van der Waals surface area contributed by atoms with E-state index in [1.54, 1.807) is 59.0 Å². The standard InChI is InChI=1S/C21H9Si/c1-8-13-9-4-2-5-10-14(9)18-16(10)17-11-6-3-7-12-15(11)20(17)21(19(13)18)22(8)12/h2-7H,1H3. The molecule has 1 aliphatic carbocycles. The summed E-state index contributed by atoms with van der Waals surface area (Å²) < 4.78 is 0. The van der Waals surface area contributed by atoms with Gasteiger partial charge in [0.25, 0.3) is 0 Å². The molecule has 8 rings (SSSR count). The molecular formula is C21H9Si. The first-order chi connectivity index (χ1) is 10.9. The maximum atomic E-state index is 2.41. The molecule has 0 amide bonds. The Morgan fingerprint density at radius 1 is 0.727 bits per heavy atom. The maximum Gasteiger partial charge on any atom is 0.153 e. The van der Waals surface area contributed by atoms with Crippen LogP contribution in [0.3, 0.4) is 0 Å². The fourth-order valence-corrected chi connectivity index (χ4v) is 9.14. The van der Waals surface area contributed by atoms with Crippen LogP contribution in [-0.2, 0) is 0 Å². The Hall–Kier alpha value is -2.38. The first-order valence-corrected chi connectivity index (χ1v) is 9.49. The van der Waals surface area contributed by atoms with Gasteiger partial charge >= 0.3 is 0 Å². The molecule has 5 aromatic carbocycles. The van der Waals surface area contributed by atoms with Crippen LogP contribution in [0.5, 0.6) is 0 Å². The zero-order chi connectivity index (χ0) is 13.9. The lowest BCUT2D eigenvalue weighted by Gasteiger charge is -2.19. The van der Waals surface area contributed by atoms with Crippen LogP contribution in [0.1, 0.15) is 18.1 Å².